The van der Waals surface area contributed by atoms with Crippen molar-refractivity contribution in [3.05, 3.63) is 71.1 Å². The van der Waals surface area contributed by atoms with Crippen molar-refractivity contribution in [2.75, 3.05) is 6.54 Å². The fourth-order valence-electron chi connectivity index (χ4n) is 2.81. The molecule has 0 atom stereocenters. The molecule has 3 rings (SSSR count). The average Bonchev–Trinajstić information content (AvgIpc) is 2.66. The van der Waals surface area contributed by atoms with Gasteiger partial charge in [0, 0.05) is 30.2 Å². The molecule has 0 fully saturated rings. The van der Waals surface area contributed by atoms with Gasteiger partial charge in [0.15, 0.2) is 6.54 Å². The molecule has 0 aromatic heterocycles. The third-order valence-corrected chi connectivity index (χ3v) is 4.02. The van der Waals surface area contributed by atoms with E-state index in [4.69, 9.17) is 0 Å². The molecule has 0 amide bonds. The molecule has 0 bridgehead atoms. The summed E-state index contributed by atoms with van der Waals surface area (Å²) in [6.45, 7) is 7.88. The maximum absolute atomic E-state index is 2.44. The Kier molecular flexibility index (Phi) is 3.21. The molecule has 0 aliphatic carbocycles. The summed E-state index contributed by atoms with van der Waals surface area (Å²) in [6, 6.07) is 19.8. The maximum Gasteiger partial charge on any atom is 0.209 e. The molecular weight excluding hydrogens is 242 g/mol. The van der Waals surface area contributed by atoms with Gasteiger partial charge in [-0.2, -0.15) is 4.58 Å². The van der Waals surface area contributed by atoms with Gasteiger partial charge in [0.1, 0.15) is 0 Å². The molecule has 2 aromatic rings. The maximum atomic E-state index is 2.44. The summed E-state index contributed by atoms with van der Waals surface area (Å²) in [5, 5.41) is 1.30. The van der Waals surface area contributed by atoms with Gasteiger partial charge in [-0.05, 0) is 11.0 Å². The highest BCUT2D eigenvalue weighted by atomic mass is 15.0. The van der Waals surface area contributed by atoms with Crippen LogP contribution in [0.25, 0.3) is 0 Å². The molecule has 0 N–H and O–H groups in total. The van der Waals surface area contributed by atoms with E-state index in [1.165, 1.54) is 22.2 Å². The van der Waals surface area contributed by atoms with Crippen LogP contribution in [-0.2, 0) is 11.8 Å². The van der Waals surface area contributed by atoms with Crippen LogP contribution in [0.2, 0.25) is 0 Å². The Bertz CT molecular complexity index is 705. The molecule has 0 unspecified atom stereocenters. The second-order valence-corrected chi connectivity index (χ2v) is 6.52. The first kappa shape index (κ1) is 13.1. The molecule has 0 saturated heterocycles. The molecule has 1 nitrogen and oxygen atoms in total. The van der Waals surface area contributed by atoms with Crippen molar-refractivity contribution in [3.63, 3.8) is 0 Å². The summed E-state index contributed by atoms with van der Waals surface area (Å²) >= 11 is 0. The molecule has 20 heavy (non-hydrogen) atoms. The highest BCUT2D eigenvalue weighted by Crippen LogP contribution is 2.23. The van der Waals surface area contributed by atoms with Gasteiger partial charge in [-0.3, -0.25) is 0 Å². The molecule has 2 aromatic carbocycles. The van der Waals surface area contributed by atoms with Crippen LogP contribution in [0.4, 0.5) is 5.69 Å². The summed E-state index contributed by atoms with van der Waals surface area (Å²) < 4.78 is 2.44. The molecule has 1 heterocycles. The lowest BCUT2D eigenvalue weighted by Gasteiger charge is -2.16. The first-order chi connectivity index (χ1) is 9.55. The van der Waals surface area contributed by atoms with Crippen molar-refractivity contribution in [1.29, 1.82) is 0 Å². The van der Waals surface area contributed by atoms with Crippen LogP contribution in [-0.4, -0.2) is 6.54 Å². The number of fused-ring (bicyclic) bond motifs is 1. The van der Waals surface area contributed by atoms with E-state index in [1.54, 1.807) is 0 Å². The summed E-state index contributed by atoms with van der Waals surface area (Å²) in [7, 11) is 0. The first-order valence-corrected chi connectivity index (χ1v) is 7.35. The zero-order valence-corrected chi connectivity index (χ0v) is 12.6. The van der Waals surface area contributed by atoms with Crippen LogP contribution in [0.3, 0.4) is 0 Å². The van der Waals surface area contributed by atoms with Gasteiger partial charge in [0.2, 0.25) is 11.0 Å². The van der Waals surface area contributed by atoms with E-state index in [9.17, 15) is 0 Å². The fraction of sp³-hybridized carbons (Fsp3) is 0.316. The Morgan fingerprint density at radius 1 is 0.900 bits per heavy atom. The molecule has 0 radical (unpaired) electrons. The van der Waals surface area contributed by atoms with E-state index in [-0.39, 0.29) is 5.41 Å². The van der Waals surface area contributed by atoms with E-state index in [0.717, 1.165) is 13.0 Å². The van der Waals surface area contributed by atoms with Crippen molar-refractivity contribution >= 4 is 5.69 Å². The van der Waals surface area contributed by atoms with E-state index in [1.807, 2.05) is 0 Å². The minimum atomic E-state index is 0.174. The van der Waals surface area contributed by atoms with Gasteiger partial charge in [-0.25, -0.2) is 0 Å². The van der Waals surface area contributed by atoms with Gasteiger partial charge in [-0.1, -0.05) is 57.2 Å². The lowest BCUT2D eigenvalue weighted by atomic mass is 9.88. The van der Waals surface area contributed by atoms with Crippen molar-refractivity contribution < 1.29 is 0 Å². The predicted octanol–water partition coefficient (Wildman–Crippen LogP) is 3.64. The third kappa shape index (κ3) is 2.40. The normalized spacial score (nSPS) is 16.9. The summed E-state index contributed by atoms with van der Waals surface area (Å²) in [5.74, 6) is 0. The van der Waals surface area contributed by atoms with Crippen molar-refractivity contribution in [2.24, 2.45) is 0 Å². The number of benzene rings is 1. The van der Waals surface area contributed by atoms with Gasteiger partial charge in [0.05, 0.1) is 0 Å². The van der Waals surface area contributed by atoms with Crippen LogP contribution >= 0.6 is 0 Å². The van der Waals surface area contributed by atoms with Gasteiger partial charge in [-0.15, -0.1) is 0 Å². The Morgan fingerprint density at radius 2 is 1.60 bits per heavy atom. The Balaban J connectivity index is 2.26. The van der Waals surface area contributed by atoms with E-state index in [0.29, 0.717) is 0 Å². The minimum absolute atomic E-state index is 0.174. The topological polar surface area (TPSA) is 3.01 Å². The average molecular weight is 264 g/mol. The summed E-state index contributed by atoms with van der Waals surface area (Å²) in [5.41, 5.74) is 4.37. The van der Waals surface area contributed by atoms with Crippen LogP contribution in [0.15, 0.2) is 54.6 Å². The fourth-order valence-corrected chi connectivity index (χ4v) is 2.81. The lowest BCUT2D eigenvalue weighted by molar-refractivity contribution is 0.589. The predicted molar refractivity (Wildman–Crippen MR) is 85.1 cm³/mol. The highest BCUT2D eigenvalue weighted by Gasteiger charge is 2.23. The van der Waals surface area contributed by atoms with E-state index < -0.39 is 0 Å². The zero-order chi connectivity index (χ0) is 14.2. The standard InChI is InChI=1S/C19H22N/c1-19(2,3)16-9-5-6-10-17(14-16)20-13-12-15-8-4-7-11-18(15)20/h4-11,14H,12-13H2,1-3H3/q+1. The second kappa shape index (κ2) is 4.90. The second-order valence-electron chi connectivity index (χ2n) is 6.52. The number of hydrogen-bond donors (Lipinski definition) is 0. The van der Waals surface area contributed by atoms with Crippen LogP contribution in [0.1, 0.15) is 31.9 Å². The largest absolute Gasteiger partial charge is 0.209 e. The van der Waals surface area contributed by atoms with Gasteiger partial charge < -0.3 is 0 Å². The first-order valence-electron chi connectivity index (χ1n) is 7.35. The summed E-state index contributed by atoms with van der Waals surface area (Å²) in [4.78, 5) is 0. The van der Waals surface area contributed by atoms with Crippen LogP contribution < -0.4 is 9.93 Å². The van der Waals surface area contributed by atoms with Gasteiger partial charge in [0.25, 0.3) is 0 Å². The Morgan fingerprint density at radius 3 is 2.40 bits per heavy atom. The number of rotatable bonds is 0. The Hall–Kier alpha value is -1.89. The van der Waals surface area contributed by atoms with Crippen molar-refractivity contribution in [1.82, 2.24) is 4.58 Å². The van der Waals surface area contributed by atoms with E-state index >= 15 is 0 Å². The molecule has 1 aliphatic heterocycles. The monoisotopic (exact) mass is 264 g/mol. The van der Waals surface area contributed by atoms with Crippen LogP contribution in [0, 0.1) is 0 Å². The number of hydrogen-bond acceptors (Lipinski definition) is 0. The van der Waals surface area contributed by atoms with Gasteiger partial charge >= 0.3 is 0 Å². The highest BCUT2D eigenvalue weighted by molar-refractivity contribution is 5.50. The van der Waals surface area contributed by atoms with Crippen molar-refractivity contribution in [3.8, 4) is 0 Å². The minimum Gasteiger partial charge on any atom is -0.192 e. The molecule has 0 spiro atoms. The molecule has 1 heteroatoms. The molecule has 102 valence electrons. The summed E-state index contributed by atoms with van der Waals surface area (Å²) in [6.07, 6.45) is 1.14. The zero-order valence-electron chi connectivity index (χ0n) is 12.6. The molecular formula is C19H22N+. The van der Waals surface area contributed by atoms with Crippen molar-refractivity contribution in [2.45, 2.75) is 32.6 Å². The third-order valence-electron chi connectivity index (χ3n) is 4.02. The van der Waals surface area contributed by atoms with Crippen LogP contribution in [0.5, 0.6) is 0 Å². The SMILES string of the molecule is CC(C)(C)c1ccccc(=[N+]2CCc3ccccc32)c1. The number of nitrogens with zero attached hydrogens (tertiary/aromatic N) is 1. The number of para-hydroxylation sites is 1. The van der Waals surface area contributed by atoms with E-state index in [2.05, 4.69) is 79.9 Å². The molecule has 0 saturated carbocycles. The molecule has 1 aliphatic rings. The quantitative estimate of drug-likeness (QED) is 0.639. The Labute approximate surface area is 121 Å². The lowest BCUT2D eigenvalue weighted by Crippen LogP contribution is -2.24. The smallest absolute Gasteiger partial charge is 0.192 e.